The van der Waals surface area contributed by atoms with Crippen molar-refractivity contribution in [2.45, 2.75) is 31.7 Å². The average Bonchev–Trinajstić information content (AvgIpc) is 3.03. The molecule has 2 saturated heterocycles. The van der Waals surface area contributed by atoms with Gasteiger partial charge in [-0.2, -0.15) is 0 Å². The van der Waals surface area contributed by atoms with Gasteiger partial charge in [-0.1, -0.05) is 0 Å². The lowest BCUT2D eigenvalue weighted by Crippen LogP contribution is -2.53. The van der Waals surface area contributed by atoms with Gasteiger partial charge in [-0.05, 0) is 19.3 Å². The van der Waals surface area contributed by atoms with Crippen LogP contribution < -0.4 is 0 Å². The van der Waals surface area contributed by atoms with Gasteiger partial charge in [0.1, 0.15) is 0 Å². The summed E-state index contributed by atoms with van der Waals surface area (Å²) in [4.78, 5) is 27.2. The Labute approximate surface area is 89.2 Å². The molecule has 0 radical (unpaired) electrons. The van der Waals surface area contributed by atoms with Crippen LogP contribution in [-0.4, -0.2) is 47.3 Å². The van der Waals surface area contributed by atoms with Crippen molar-refractivity contribution in [2.75, 3.05) is 19.6 Å². The summed E-state index contributed by atoms with van der Waals surface area (Å²) in [6.45, 7) is 2.28. The van der Waals surface area contributed by atoms with Crippen LogP contribution in [0, 0.1) is 5.92 Å². The van der Waals surface area contributed by atoms with Crippen LogP contribution in [0.15, 0.2) is 0 Å². The number of hydrogen-bond acceptors (Lipinski definition) is 2. The highest BCUT2D eigenvalue weighted by Crippen LogP contribution is 2.32. The predicted molar refractivity (Wildman–Crippen MR) is 54.0 cm³/mol. The summed E-state index contributed by atoms with van der Waals surface area (Å²) in [6, 6.07) is 0.314. The maximum absolute atomic E-state index is 11.9. The van der Waals surface area contributed by atoms with E-state index in [1.165, 1.54) is 0 Å². The van der Waals surface area contributed by atoms with Crippen molar-refractivity contribution in [2.24, 2.45) is 5.92 Å². The zero-order valence-corrected chi connectivity index (χ0v) is 8.82. The zero-order chi connectivity index (χ0) is 10.4. The molecule has 0 spiro atoms. The first-order valence-electron chi connectivity index (χ1n) is 5.84. The van der Waals surface area contributed by atoms with E-state index in [-0.39, 0.29) is 5.91 Å². The van der Waals surface area contributed by atoms with Gasteiger partial charge in [0, 0.05) is 38.0 Å². The van der Waals surface area contributed by atoms with E-state index in [9.17, 15) is 9.59 Å². The molecule has 15 heavy (non-hydrogen) atoms. The molecule has 3 rings (SSSR count). The summed E-state index contributed by atoms with van der Waals surface area (Å²) in [5.41, 5.74) is 0. The molecule has 3 aliphatic rings. The maximum Gasteiger partial charge on any atom is 0.225 e. The molecule has 0 aromatic rings. The van der Waals surface area contributed by atoms with Gasteiger partial charge < -0.3 is 9.80 Å². The summed E-state index contributed by atoms with van der Waals surface area (Å²) in [6.07, 6.45) is 3.76. The number of amides is 2. The number of carbonyl (C=O) groups excluding carboxylic acids is 2. The van der Waals surface area contributed by atoms with Crippen LogP contribution in [-0.2, 0) is 9.59 Å². The van der Waals surface area contributed by atoms with Crippen LogP contribution >= 0.6 is 0 Å². The minimum atomic E-state index is 0.276. The third-order valence-electron chi connectivity index (χ3n) is 3.73. The van der Waals surface area contributed by atoms with Crippen LogP contribution in [0.3, 0.4) is 0 Å². The molecule has 3 fully saturated rings. The Morgan fingerprint density at radius 1 is 1.20 bits per heavy atom. The van der Waals surface area contributed by atoms with Gasteiger partial charge in [0.05, 0.1) is 0 Å². The monoisotopic (exact) mass is 208 g/mol. The smallest absolute Gasteiger partial charge is 0.225 e. The molecule has 0 aromatic heterocycles. The van der Waals surface area contributed by atoms with Crippen molar-refractivity contribution >= 4 is 11.8 Å². The molecule has 0 aromatic carbocycles. The Hall–Kier alpha value is -1.06. The SMILES string of the molecule is O=C(C1CC1)N1CCN2C(=O)CCC2C1. The molecule has 2 aliphatic heterocycles. The van der Waals surface area contributed by atoms with Crippen molar-refractivity contribution in [1.82, 2.24) is 9.80 Å². The van der Waals surface area contributed by atoms with E-state index < -0.39 is 0 Å². The molecule has 4 heteroatoms. The van der Waals surface area contributed by atoms with E-state index in [0.29, 0.717) is 24.3 Å². The number of carbonyl (C=O) groups is 2. The highest BCUT2D eigenvalue weighted by atomic mass is 16.2. The summed E-state index contributed by atoms with van der Waals surface area (Å²) < 4.78 is 0. The first-order chi connectivity index (χ1) is 7.25. The average molecular weight is 208 g/mol. The van der Waals surface area contributed by atoms with Crippen LogP contribution in [0.5, 0.6) is 0 Å². The van der Waals surface area contributed by atoms with Gasteiger partial charge in [0.2, 0.25) is 11.8 Å². The van der Waals surface area contributed by atoms with E-state index in [0.717, 1.165) is 38.9 Å². The predicted octanol–water partition coefficient (Wildman–Crippen LogP) is 0.230. The Bertz CT molecular complexity index is 312. The topological polar surface area (TPSA) is 40.6 Å². The van der Waals surface area contributed by atoms with Crippen molar-refractivity contribution in [3.63, 3.8) is 0 Å². The third-order valence-corrected chi connectivity index (χ3v) is 3.73. The standard InChI is InChI=1S/C11H16N2O2/c14-10-4-3-9-7-12(5-6-13(9)10)11(15)8-1-2-8/h8-9H,1-7H2. The van der Waals surface area contributed by atoms with Gasteiger partial charge in [-0.15, -0.1) is 0 Å². The van der Waals surface area contributed by atoms with Crippen molar-refractivity contribution in [3.05, 3.63) is 0 Å². The largest absolute Gasteiger partial charge is 0.339 e. The molecule has 2 amide bonds. The van der Waals surface area contributed by atoms with E-state index in [4.69, 9.17) is 0 Å². The first-order valence-corrected chi connectivity index (χ1v) is 5.84. The van der Waals surface area contributed by atoms with Gasteiger partial charge in [0.15, 0.2) is 0 Å². The number of piperazine rings is 1. The van der Waals surface area contributed by atoms with Gasteiger partial charge in [0.25, 0.3) is 0 Å². The summed E-state index contributed by atoms with van der Waals surface area (Å²) in [5.74, 6) is 0.918. The van der Waals surface area contributed by atoms with Crippen molar-refractivity contribution in [1.29, 1.82) is 0 Å². The van der Waals surface area contributed by atoms with Crippen LogP contribution in [0.2, 0.25) is 0 Å². The molecule has 82 valence electrons. The second kappa shape index (κ2) is 3.22. The fraction of sp³-hybridized carbons (Fsp3) is 0.818. The lowest BCUT2D eigenvalue weighted by Gasteiger charge is -2.37. The molecule has 1 aliphatic carbocycles. The molecule has 2 heterocycles. The van der Waals surface area contributed by atoms with Gasteiger partial charge in [-0.25, -0.2) is 0 Å². The number of rotatable bonds is 1. The second-order valence-corrected chi connectivity index (χ2v) is 4.84. The molecule has 1 atom stereocenters. The second-order valence-electron chi connectivity index (χ2n) is 4.84. The Morgan fingerprint density at radius 2 is 2.00 bits per heavy atom. The molecule has 1 saturated carbocycles. The Balaban J connectivity index is 1.66. The van der Waals surface area contributed by atoms with E-state index in [1.54, 1.807) is 0 Å². The fourth-order valence-electron chi connectivity index (χ4n) is 2.65. The van der Waals surface area contributed by atoms with Gasteiger partial charge in [-0.3, -0.25) is 9.59 Å². The lowest BCUT2D eigenvalue weighted by molar-refractivity contribution is -0.139. The summed E-state index contributed by atoms with van der Waals surface area (Å²) in [5, 5.41) is 0. The van der Waals surface area contributed by atoms with Crippen molar-refractivity contribution < 1.29 is 9.59 Å². The normalized spacial score (nSPS) is 30.7. The Morgan fingerprint density at radius 3 is 2.73 bits per heavy atom. The van der Waals surface area contributed by atoms with Crippen LogP contribution in [0.1, 0.15) is 25.7 Å². The quantitative estimate of drug-likeness (QED) is 0.619. The molecule has 0 N–H and O–H groups in total. The maximum atomic E-state index is 11.9. The summed E-state index contributed by atoms with van der Waals surface area (Å²) in [7, 11) is 0. The minimum absolute atomic E-state index is 0.276. The molecular weight excluding hydrogens is 192 g/mol. The van der Waals surface area contributed by atoms with E-state index in [2.05, 4.69) is 0 Å². The van der Waals surface area contributed by atoms with E-state index in [1.807, 2.05) is 9.80 Å². The molecule has 1 unspecified atom stereocenters. The highest BCUT2D eigenvalue weighted by molar-refractivity contribution is 5.82. The molecular formula is C11H16N2O2. The lowest BCUT2D eigenvalue weighted by atomic mass is 10.1. The van der Waals surface area contributed by atoms with Crippen LogP contribution in [0.4, 0.5) is 0 Å². The van der Waals surface area contributed by atoms with Crippen LogP contribution in [0.25, 0.3) is 0 Å². The van der Waals surface area contributed by atoms with Crippen molar-refractivity contribution in [3.8, 4) is 0 Å². The molecule has 4 nitrogen and oxygen atoms in total. The minimum Gasteiger partial charge on any atom is -0.339 e. The number of fused-ring (bicyclic) bond motifs is 1. The summed E-state index contributed by atoms with van der Waals surface area (Å²) >= 11 is 0. The first kappa shape index (κ1) is 9.19. The number of hydrogen-bond donors (Lipinski definition) is 0. The zero-order valence-electron chi connectivity index (χ0n) is 8.82. The van der Waals surface area contributed by atoms with E-state index >= 15 is 0 Å². The third kappa shape index (κ3) is 1.52. The molecule has 0 bridgehead atoms. The van der Waals surface area contributed by atoms with Gasteiger partial charge >= 0.3 is 0 Å². The number of nitrogens with zero attached hydrogens (tertiary/aromatic N) is 2. The Kier molecular flexibility index (Phi) is 1.97. The highest BCUT2D eigenvalue weighted by Gasteiger charge is 2.40. The fourth-order valence-corrected chi connectivity index (χ4v) is 2.65.